The summed E-state index contributed by atoms with van der Waals surface area (Å²) in [4.78, 5) is 3.41. The average molecular weight is 295 g/mol. The predicted molar refractivity (Wildman–Crippen MR) is 74.0 cm³/mol. The second-order valence-electron chi connectivity index (χ2n) is 4.78. The maximum atomic E-state index is 12.5. The SMILES string of the molecule is Cc1ccc(B(O)O)c(-c2ccc(C(F)(F)F)nc2)c1C. The summed E-state index contributed by atoms with van der Waals surface area (Å²) >= 11 is 0. The van der Waals surface area contributed by atoms with Crippen LogP contribution in [0, 0.1) is 13.8 Å². The highest BCUT2D eigenvalue weighted by atomic mass is 19.4. The number of alkyl halides is 3. The third-order valence-electron chi connectivity index (χ3n) is 3.39. The zero-order chi connectivity index (χ0) is 15.8. The molecule has 2 N–H and O–H groups in total. The van der Waals surface area contributed by atoms with Gasteiger partial charge in [-0.25, -0.2) is 0 Å². The van der Waals surface area contributed by atoms with Crippen molar-refractivity contribution >= 4 is 12.6 Å². The molecule has 0 saturated carbocycles. The molecule has 0 amide bonds. The van der Waals surface area contributed by atoms with Crippen LogP contribution in [0.15, 0.2) is 30.5 Å². The lowest BCUT2D eigenvalue weighted by Gasteiger charge is -2.15. The summed E-state index contributed by atoms with van der Waals surface area (Å²) in [7, 11) is -1.71. The maximum Gasteiger partial charge on any atom is 0.489 e. The van der Waals surface area contributed by atoms with Gasteiger partial charge in [0.05, 0.1) is 0 Å². The summed E-state index contributed by atoms with van der Waals surface area (Å²) in [5.74, 6) is 0. The first-order valence-corrected chi connectivity index (χ1v) is 6.21. The van der Waals surface area contributed by atoms with Crippen molar-refractivity contribution in [3.8, 4) is 11.1 Å². The molecule has 1 heterocycles. The molecular weight excluding hydrogens is 282 g/mol. The van der Waals surface area contributed by atoms with Crippen molar-refractivity contribution in [1.82, 2.24) is 4.98 Å². The van der Waals surface area contributed by atoms with Crippen molar-refractivity contribution in [2.45, 2.75) is 20.0 Å². The van der Waals surface area contributed by atoms with Gasteiger partial charge in [-0.3, -0.25) is 4.98 Å². The quantitative estimate of drug-likeness (QED) is 0.834. The normalized spacial score (nSPS) is 11.6. The smallest absolute Gasteiger partial charge is 0.423 e. The van der Waals surface area contributed by atoms with Gasteiger partial charge in [-0.2, -0.15) is 13.2 Å². The Labute approximate surface area is 120 Å². The molecule has 0 unspecified atom stereocenters. The van der Waals surface area contributed by atoms with E-state index in [1.54, 1.807) is 19.1 Å². The summed E-state index contributed by atoms with van der Waals surface area (Å²) in [5, 5.41) is 18.8. The van der Waals surface area contributed by atoms with Crippen LogP contribution in [0.3, 0.4) is 0 Å². The zero-order valence-electron chi connectivity index (χ0n) is 11.4. The van der Waals surface area contributed by atoms with Crippen LogP contribution >= 0.6 is 0 Å². The fraction of sp³-hybridized carbons (Fsp3) is 0.214. The summed E-state index contributed by atoms with van der Waals surface area (Å²) in [5.41, 5.74) is 1.82. The van der Waals surface area contributed by atoms with Crippen molar-refractivity contribution in [1.29, 1.82) is 0 Å². The van der Waals surface area contributed by atoms with E-state index in [0.717, 1.165) is 23.4 Å². The van der Waals surface area contributed by atoms with E-state index < -0.39 is 19.0 Å². The van der Waals surface area contributed by atoms with Gasteiger partial charge in [0.2, 0.25) is 0 Å². The van der Waals surface area contributed by atoms with Gasteiger partial charge < -0.3 is 10.0 Å². The third-order valence-corrected chi connectivity index (χ3v) is 3.39. The van der Waals surface area contributed by atoms with Crippen molar-refractivity contribution in [3.05, 3.63) is 47.3 Å². The van der Waals surface area contributed by atoms with Crippen LogP contribution in [0.25, 0.3) is 11.1 Å². The van der Waals surface area contributed by atoms with Gasteiger partial charge >= 0.3 is 13.3 Å². The van der Waals surface area contributed by atoms with E-state index in [4.69, 9.17) is 0 Å². The topological polar surface area (TPSA) is 53.4 Å². The fourth-order valence-corrected chi connectivity index (χ4v) is 2.14. The summed E-state index contributed by atoms with van der Waals surface area (Å²) in [6, 6.07) is 5.43. The molecule has 2 rings (SSSR count). The molecule has 0 aliphatic carbocycles. The van der Waals surface area contributed by atoms with Gasteiger partial charge in [0.15, 0.2) is 0 Å². The highest BCUT2D eigenvalue weighted by Gasteiger charge is 2.32. The summed E-state index contributed by atoms with van der Waals surface area (Å²) in [6.07, 6.45) is -3.41. The number of rotatable bonds is 2. The van der Waals surface area contributed by atoms with Gasteiger partial charge in [0.1, 0.15) is 5.69 Å². The van der Waals surface area contributed by atoms with Crippen LogP contribution in [-0.4, -0.2) is 22.2 Å². The fourth-order valence-electron chi connectivity index (χ4n) is 2.14. The number of pyridine rings is 1. The minimum atomic E-state index is -4.50. The van der Waals surface area contributed by atoms with Crippen LogP contribution in [-0.2, 0) is 6.18 Å². The van der Waals surface area contributed by atoms with Gasteiger partial charge in [-0.1, -0.05) is 18.2 Å². The average Bonchev–Trinajstić information content (AvgIpc) is 2.40. The first kappa shape index (κ1) is 15.5. The number of nitrogens with zero attached hydrogens (tertiary/aromatic N) is 1. The molecule has 0 aliphatic rings. The molecule has 0 aliphatic heterocycles. The second kappa shape index (κ2) is 5.50. The lowest BCUT2D eigenvalue weighted by atomic mass is 9.73. The Morgan fingerprint density at radius 3 is 2.19 bits per heavy atom. The molecule has 0 fully saturated rings. The molecule has 110 valence electrons. The Bertz CT molecular complexity index is 655. The monoisotopic (exact) mass is 295 g/mol. The highest BCUT2D eigenvalue weighted by Crippen LogP contribution is 2.30. The Morgan fingerprint density at radius 1 is 1.05 bits per heavy atom. The highest BCUT2D eigenvalue weighted by molar-refractivity contribution is 6.60. The van der Waals surface area contributed by atoms with Gasteiger partial charge in [0.25, 0.3) is 0 Å². The number of benzene rings is 1. The lowest BCUT2D eigenvalue weighted by molar-refractivity contribution is -0.141. The van der Waals surface area contributed by atoms with Gasteiger partial charge in [-0.05, 0) is 47.6 Å². The molecule has 0 atom stereocenters. The van der Waals surface area contributed by atoms with E-state index in [2.05, 4.69) is 4.98 Å². The van der Waals surface area contributed by atoms with Crippen molar-refractivity contribution in [2.24, 2.45) is 0 Å². The van der Waals surface area contributed by atoms with E-state index in [9.17, 15) is 23.2 Å². The van der Waals surface area contributed by atoms with E-state index in [1.165, 1.54) is 6.07 Å². The first-order chi connectivity index (χ1) is 9.71. The van der Waals surface area contributed by atoms with E-state index >= 15 is 0 Å². The van der Waals surface area contributed by atoms with Crippen molar-refractivity contribution in [3.63, 3.8) is 0 Å². The Morgan fingerprint density at radius 2 is 1.71 bits per heavy atom. The Kier molecular flexibility index (Phi) is 4.07. The van der Waals surface area contributed by atoms with Gasteiger partial charge in [-0.15, -0.1) is 0 Å². The van der Waals surface area contributed by atoms with Crippen LogP contribution in [0.5, 0.6) is 0 Å². The number of aromatic nitrogens is 1. The van der Waals surface area contributed by atoms with Crippen LogP contribution in [0.4, 0.5) is 13.2 Å². The first-order valence-electron chi connectivity index (χ1n) is 6.21. The van der Waals surface area contributed by atoms with Crippen LogP contribution in [0.2, 0.25) is 0 Å². The maximum absolute atomic E-state index is 12.5. The molecule has 0 bridgehead atoms. The summed E-state index contributed by atoms with van der Waals surface area (Å²) < 4.78 is 37.6. The Balaban J connectivity index is 2.59. The van der Waals surface area contributed by atoms with Gasteiger partial charge in [0, 0.05) is 6.20 Å². The molecule has 0 saturated heterocycles. The minimum Gasteiger partial charge on any atom is -0.423 e. The van der Waals surface area contributed by atoms with Crippen molar-refractivity contribution < 1.29 is 23.2 Å². The van der Waals surface area contributed by atoms with E-state index in [1.807, 2.05) is 6.92 Å². The minimum absolute atomic E-state index is 0.236. The molecule has 21 heavy (non-hydrogen) atoms. The van der Waals surface area contributed by atoms with Crippen LogP contribution < -0.4 is 5.46 Å². The molecule has 2 aromatic rings. The van der Waals surface area contributed by atoms with E-state index in [-0.39, 0.29) is 5.46 Å². The molecule has 1 aromatic carbocycles. The number of aryl methyl sites for hydroxylation is 1. The Hall–Kier alpha value is -1.86. The lowest BCUT2D eigenvalue weighted by Crippen LogP contribution is -2.32. The molecular formula is C14H13BF3NO2. The van der Waals surface area contributed by atoms with E-state index in [0.29, 0.717) is 11.1 Å². The predicted octanol–water partition coefficient (Wildman–Crippen LogP) is 2.06. The zero-order valence-corrected chi connectivity index (χ0v) is 11.4. The van der Waals surface area contributed by atoms with Crippen LogP contribution in [0.1, 0.15) is 16.8 Å². The second-order valence-corrected chi connectivity index (χ2v) is 4.78. The largest absolute Gasteiger partial charge is 0.489 e. The molecule has 3 nitrogen and oxygen atoms in total. The molecule has 1 aromatic heterocycles. The number of halogens is 3. The third kappa shape index (κ3) is 3.09. The number of hydrogen-bond donors (Lipinski definition) is 2. The molecule has 0 spiro atoms. The molecule has 7 heteroatoms. The standard InChI is InChI=1S/C14H13BF3NO2/c1-8-3-5-11(15(20)21)13(9(8)2)10-4-6-12(19-7-10)14(16,17)18/h3-7,20-21H,1-2H3. The molecule has 0 radical (unpaired) electrons. The van der Waals surface area contributed by atoms with Crippen molar-refractivity contribution in [2.75, 3.05) is 0 Å². The number of hydrogen-bond acceptors (Lipinski definition) is 3. The summed E-state index contributed by atoms with van der Waals surface area (Å²) in [6.45, 7) is 3.61.